The fourth-order valence-corrected chi connectivity index (χ4v) is 21.3. The maximum atomic E-state index is 13.3. The summed E-state index contributed by atoms with van der Waals surface area (Å²) >= 11 is 38.9. The number of urea groups is 3. The van der Waals surface area contributed by atoms with Crippen molar-refractivity contribution in [3.05, 3.63) is 236 Å². The molecule has 3 fully saturated rings. The Morgan fingerprint density at radius 3 is 0.910 bits per heavy atom. The zero-order valence-electron chi connectivity index (χ0n) is 63.7. The number of anilines is 6. The van der Waals surface area contributed by atoms with Gasteiger partial charge in [-0.15, -0.1) is 34.0 Å². The second-order valence-electron chi connectivity index (χ2n) is 27.5. The minimum atomic E-state index is -4.13. The number of fused-ring (bicyclic) bond motifs is 3. The van der Waals surface area contributed by atoms with E-state index < -0.39 is 81.9 Å². The number of rotatable bonds is 24. The molecule has 122 heavy (non-hydrogen) atoms. The van der Waals surface area contributed by atoms with E-state index in [1.165, 1.54) is 123 Å². The van der Waals surface area contributed by atoms with Crippen molar-refractivity contribution in [1.82, 2.24) is 57.5 Å². The number of nitrogens with one attached hydrogen (secondary N) is 12. The molecule has 34 nitrogen and oxygen atoms in total. The maximum Gasteiger partial charge on any atom is 0.333 e. The number of H-pyrrole nitrogens is 3. The quantitative estimate of drug-likeness (QED) is 0.0267. The fraction of sp³-hybridized carbons (Fsp3) is 0.250. The Bertz CT molecular complexity index is 6470. The number of morpholine rings is 1. The van der Waals surface area contributed by atoms with E-state index in [4.69, 9.17) is 74.3 Å². The van der Waals surface area contributed by atoms with Crippen molar-refractivity contribution in [2.45, 2.75) is 44.7 Å². The first kappa shape index (κ1) is 89.6. The molecule has 3 aliphatic rings. The maximum absolute atomic E-state index is 13.3. The summed E-state index contributed by atoms with van der Waals surface area (Å²) in [7, 11) is -12.4. The molecule has 0 bridgehead atoms. The lowest BCUT2D eigenvalue weighted by molar-refractivity contribution is 0.0398. The van der Waals surface area contributed by atoms with Gasteiger partial charge in [0.2, 0.25) is 0 Å². The lowest BCUT2D eigenvalue weighted by Gasteiger charge is -2.26. The van der Waals surface area contributed by atoms with E-state index in [2.05, 4.69) is 61.6 Å². The van der Waals surface area contributed by atoms with Gasteiger partial charge < -0.3 is 61.4 Å². The third-order valence-corrected chi connectivity index (χ3v) is 29.2. The highest BCUT2D eigenvalue weighted by Crippen LogP contribution is 2.32. The van der Waals surface area contributed by atoms with Crippen molar-refractivity contribution in [2.75, 3.05) is 124 Å². The van der Waals surface area contributed by atoms with Crippen molar-refractivity contribution in [1.29, 1.82) is 0 Å². The van der Waals surface area contributed by atoms with Crippen LogP contribution in [-0.2, 0) is 34.8 Å². The van der Waals surface area contributed by atoms with Crippen LogP contribution in [0.15, 0.2) is 187 Å². The first-order valence-corrected chi connectivity index (χ1v) is 46.5. The van der Waals surface area contributed by atoms with Crippen molar-refractivity contribution < 1.29 is 44.4 Å². The monoisotopic (exact) mass is 1900 g/mol. The van der Waals surface area contributed by atoms with Gasteiger partial charge in [-0.05, 0) is 197 Å². The molecular weight excluding hydrogens is 1830 g/mol. The molecule has 15 rings (SSSR count). The smallest absolute Gasteiger partial charge is 0.333 e. The summed E-state index contributed by atoms with van der Waals surface area (Å²) in [4.78, 5) is 131. The van der Waals surface area contributed by atoms with Gasteiger partial charge in [0.05, 0.1) is 91.1 Å². The van der Waals surface area contributed by atoms with Gasteiger partial charge in [0, 0.05) is 86.5 Å². The predicted molar refractivity (Wildman–Crippen MR) is 480 cm³/mol. The van der Waals surface area contributed by atoms with Gasteiger partial charge in [-0.25, -0.2) is 81.9 Å². The Labute approximate surface area is 736 Å². The highest BCUT2D eigenvalue weighted by Gasteiger charge is 2.26. The Morgan fingerprint density at radius 2 is 0.631 bits per heavy atom. The molecule has 0 saturated carbocycles. The van der Waals surface area contributed by atoms with Crippen LogP contribution in [0.25, 0.3) is 49.8 Å². The summed E-state index contributed by atoms with van der Waals surface area (Å²) < 4.78 is 88.1. The number of carbonyl (C=O) groups excluding carboxylic acids is 3. The number of thiophene rings is 3. The number of hydrogen-bond donors (Lipinski definition) is 12. The summed E-state index contributed by atoms with van der Waals surface area (Å²) in [6.45, 7) is 12.5. The molecule has 0 unspecified atom stereocenters. The number of carbonyl (C=O) groups is 3. The Hall–Kier alpha value is -10.1. The third kappa shape index (κ3) is 22.4. The first-order chi connectivity index (χ1) is 58.3. The Morgan fingerprint density at radius 1 is 0.352 bits per heavy atom. The van der Waals surface area contributed by atoms with E-state index in [0.29, 0.717) is 33.9 Å². The van der Waals surface area contributed by atoms with E-state index in [-0.39, 0.29) is 80.2 Å². The third-order valence-electron chi connectivity index (χ3n) is 19.2. The van der Waals surface area contributed by atoms with Crippen molar-refractivity contribution in [3.63, 3.8) is 0 Å². The molecule has 9 heterocycles. The van der Waals surface area contributed by atoms with Crippen molar-refractivity contribution >= 4 is 219 Å². The average Bonchev–Trinajstić information content (AvgIpc) is 1.05. The molecule has 642 valence electrons. The lowest BCUT2D eigenvalue weighted by atomic mass is 10.1. The zero-order valence-corrected chi connectivity index (χ0v) is 73.2. The number of hydrogen-bond acceptors (Lipinski definition) is 25. The SMILES string of the molecule is O=C(Nc1ccc(-n2c(=O)[nH]c3cc(NCCN4CCCC4)ccc3c2=O)c(Cl)c1)NS(=O)(=O)c1ccc(Cl)s1.O=C(Nc1ccc(-n2c(=O)[nH]c3cc(NCCN4CCCCC4)ccc3c2=O)c(Cl)c1)NS(=O)(=O)c1ccc(Cl)s1.O=C(Nc1ccc(-n2c(=O)[nH]c3cc(NCCN4CCOCC4)ccc3c2=O)c(Cl)c1)NS(=O)(=O)c1ccc(Cl)s1. The van der Waals surface area contributed by atoms with Crippen LogP contribution in [0.3, 0.4) is 0 Å². The van der Waals surface area contributed by atoms with Gasteiger partial charge >= 0.3 is 35.2 Å². The topological polar surface area (TPSA) is 445 Å². The molecule has 3 saturated heterocycles. The van der Waals surface area contributed by atoms with E-state index in [9.17, 15) is 68.4 Å². The fourth-order valence-electron chi connectivity index (χ4n) is 13.3. The number of benzene rings is 6. The molecule has 0 spiro atoms. The van der Waals surface area contributed by atoms with Gasteiger partial charge in [-0.3, -0.25) is 19.3 Å². The first-order valence-electron chi connectivity index (χ1n) is 37.3. The Balaban J connectivity index is 0.000000158. The second kappa shape index (κ2) is 39.6. The number of piperidine rings is 1. The lowest BCUT2D eigenvalue weighted by Crippen LogP contribution is -2.39. The normalized spacial score (nSPS) is 14.1. The average molecular weight is 1900 g/mol. The largest absolute Gasteiger partial charge is 0.384 e. The van der Waals surface area contributed by atoms with Gasteiger partial charge in [0.25, 0.3) is 46.7 Å². The van der Waals surface area contributed by atoms with Crippen LogP contribution < -0.4 is 79.8 Å². The predicted octanol–water partition coefficient (Wildman–Crippen LogP) is 11.8. The number of amides is 6. The molecular formula is C76H74Cl6N18O16S6. The summed E-state index contributed by atoms with van der Waals surface area (Å²) in [6, 6.07) is 32.5. The van der Waals surface area contributed by atoms with E-state index in [1.807, 2.05) is 14.2 Å². The molecule has 0 aliphatic carbocycles. The molecule has 0 radical (unpaired) electrons. The van der Waals surface area contributed by atoms with Crippen molar-refractivity contribution in [2.24, 2.45) is 0 Å². The molecule has 3 aliphatic heterocycles. The summed E-state index contributed by atoms with van der Waals surface area (Å²) in [5.74, 6) is 0. The number of halogens is 6. The highest BCUT2D eigenvalue weighted by atomic mass is 35.5. The Kier molecular flexibility index (Phi) is 29.1. The van der Waals surface area contributed by atoms with Crippen LogP contribution in [0.5, 0.6) is 0 Å². The van der Waals surface area contributed by atoms with Crippen molar-refractivity contribution in [3.8, 4) is 17.1 Å². The summed E-state index contributed by atoms with van der Waals surface area (Å²) in [6.07, 6.45) is 6.16. The minimum absolute atomic E-state index is 0.0151. The number of nitrogens with zero attached hydrogens (tertiary/aromatic N) is 6. The van der Waals surface area contributed by atoms with E-state index in [1.54, 1.807) is 54.6 Å². The van der Waals surface area contributed by atoms with Gasteiger partial charge in [0.1, 0.15) is 12.6 Å². The molecule has 12 aromatic rings. The molecule has 0 atom stereocenters. The molecule has 6 amide bonds. The van der Waals surface area contributed by atoms with Crippen LogP contribution >= 0.6 is 104 Å². The molecule has 6 aromatic carbocycles. The van der Waals surface area contributed by atoms with Crippen LogP contribution in [0.4, 0.5) is 48.5 Å². The number of sulfonamides is 3. The minimum Gasteiger partial charge on any atom is -0.384 e. The van der Waals surface area contributed by atoms with Crippen LogP contribution in [0.2, 0.25) is 28.1 Å². The molecule has 12 N–H and O–H groups in total. The van der Waals surface area contributed by atoms with Crippen LogP contribution in [0.1, 0.15) is 32.1 Å². The van der Waals surface area contributed by atoms with Crippen LogP contribution in [0, 0.1) is 0 Å². The number of ether oxygens (including phenoxy) is 1. The van der Waals surface area contributed by atoms with Gasteiger partial charge in [-0.1, -0.05) is 76.0 Å². The zero-order chi connectivity index (χ0) is 86.7. The standard InChI is InChI=1S/C26H26Cl2N6O5S2.C25H24Cl2N6O6S2.C25H24Cl2N6O5S2/c27-19-14-17(30-25(36)32-41(38,39)23-9-8-22(28)40-23)5-7-21(19)34-24(35)18-6-4-16(15-20(18)31-26(34)37)29-10-13-33-11-2-1-3-12-33;26-18-13-16(29-24(35)31-41(37,38)22-6-5-21(27)40-22)2-4-20(18)33-23(34)17-3-1-15(14-19(17)30-25(33)36)28-7-8-32-9-11-39-12-10-32;26-18-13-16(29-24(35)31-40(37,38)22-8-7-21(27)39-22)4-6-20(18)33-23(34)17-5-3-15(14-19(17)30-25(33)36)28-9-12-32-10-1-2-11-32/h4-9,14-15,29H,1-3,10-13H2,(H,31,37)(H2,30,32,36);1-6,13-14,28H,7-12H2,(H,30,36)(H2,29,31,35);3-8,13-14,28H,1-2,9-12H2,(H,30,36)(H2,29,31,35). The second-order valence-corrected chi connectivity index (χ2v) is 39.6. The highest BCUT2D eigenvalue weighted by molar-refractivity contribution is 7.93. The number of aromatic nitrogens is 6. The molecule has 46 heteroatoms. The van der Waals surface area contributed by atoms with E-state index >= 15 is 0 Å². The van der Waals surface area contributed by atoms with Gasteiger partial charge in [-0.2, -0.15) is 0 Å². The number of likely N-dealkylation sites (tertiary alicyclic amines) is 2. The van der Waals surface area contributed by atoms with Gasteiger partial charge in [0.15, 0.2) is 0 Å². The summed E-state index contributed by atoms with van der Waals surface area (Å²) in [5, 5.41) is 17.9. The van der Waals surface area contributed by atoms with Crippen LogP contribution in [-0.4, -0.2) is 178 Å². The summed E-state index contributed by atoms with van der Waals surface area (Å²) in [5.41, 5.74) is 0.374. The molecule has 6 aromatic heterocycles. The number of aromatic amines is 3. The van der Waals surface area contributed by atoms with E-state index in [0.717, 1.165) is 150 Å².